The molecule has 0 aromatic heterocycles. The van der Waals surface area contributed by atoms with E-state index in [9.17, 15) is 4.39 Å². The van der Waals surface area contributed by atoms with Crippen LogP contribution in [0.5, 0.6) is 0 Å². The first kappa shape index (κ1) is 12.3. The third-order valence-corrected chi connectivity index (χ3v) is 3.54. The predicted molar refractivity (Wildman–Crippen MR) is 68.6 cm³/mol. The first-order valence-electron chi connectivity index (χ1n) is 5.44. The Hall–Kier alpha value is -0.120. The van der Waals surface area contributed by atoms with E-state index >= 15 is 0 Å². The Morgan fingerprint density at radius 2 is 2.19 bits per heavy atom. The van der Waals surface area contributed by atoms with Crippen molar-refractivity contribution in [2.24, 2.45) is 0 Å². The van der Waals surface area contributed by atoms with Crippen molar-refractivity contribution < 1.29 is 4.39 Å². The van der Waals surface area contributed by atoms with E-state index in [0.717, 1.165) is 24.0 Å². The summed E-state index contributed by atoms with van der Waals surface area (Å²) >= 11 is 9.50. The topological polar surface area (TPSA) is 3.24 Å². The SMILES string of the molecule is Fc1ccc(Cl)c(CN(CCBr)C2CC2)c1. The monoisotopic (exact) mass is 305 g/mol. The Balaban J connectivity index is 2.08. The fourth-order valence-electron chi connectivity index (χ4n) is 1.82. The van der Waals surface area contributed by atoms with E-state index in [1.54, 1.807) is 6.07 Å². The fourth-order valence-corrected chi connectivity index (χ4v) is 2.46. The molecule has 0 radical (unpaired) electrons. The lowest BCUT2D eigenvalue weighted by atomic mass is 10.2. The largest absolute Gasteiger partial charge is 0.295 e. The van der Waals surface area contributed by atoms with E-state index in [0.29, 0.717) is 11.1 Å². The Kier molecular flexibility index (Phi) is 4.22. The summed E-state index contributed by atoms with van der Waals surface area (Å²) in [4.78, 5) is 2.36. The van der Waals surface area contributed by atoms with Crippen LogP contribution in [0.2, 0.25) is 5.02 Å². The highest BCUT2D eigenvalue weighted by atomic mass is 79.9. The van der Waals surface area contributed by atoms with Gasteiger partial charge in [0.1, 0.15) is 5.82 Å². The van der Waals surface area contributed by atoms with Crippen LogP contribution in [0.25, 0.3) is 0 Å². The van der Waals surface area contributed by atoms with Crippen molar-refractivity contribution in [1.29, 1.82) is 0 Å². The minimum atomic E-state index is -0.214. The van der Waals surface area contributed by atoms with Gasteiger partial charge in [-0.1, -0.05) is 27.5 Å². The predicted octanol–water partition coefficient (Wildman–Crippen LogP) is 3.84. The molecule has 0 aliphatic heterocycles. The van der Waals surface area contributed by atoms with Crippen molar-refractivity contribution in [2.45, 2.75) is 25.4 Å². The van der Waals surface area contributed by atoms with Crippen LogP contribution in [0.15, 0.2) is 18.2 Å². The molecule has 1 fully saturated rings. The smallest absolute Gasteiger partial charge is 0.123 e. The number of hydrogen-bond donors (Lipinski definition) is 0. The summed E-state index contributed by atoms with van der Waals surface area (Å²) in [6.07, 6.45) is 2.50. The maximum atomic E-state index is 13.1. The lowest BCUT2D eigenvalue weighted by molar-refractivity contribution is 0.272. The molecule has 0 bridgehead atoms. The second-order valence-electron chi connectivity index (χ2n) is 4.13. The molecule has 1 aromatic carbocycles. The van der Waals surface area contributed by atoms with Crippen LogP contribution < -0.4 is 0 Å². The first-order valence-corrected chi connectivity index (χ1v) is 6.94. The van der Waals surface area contributed by atoms with E-state index in [-0.39, 0.29) is 5.82 Å². The van der Waals surface area contributed by atoms with Crippen molar-refractivity contribution in [3.63, 3.8) is 0 Å². The second-order valence-corrected chi connectivity index (χ2v) is 5.33. The van der Waals surface area contributed by atoms with Gasteiger partial charge in [0, 0.05) is 29.5 Å². The molecule has 0 saturated heterocycles. The number of benzene rings is 1. The molecule has 0 amide bonds. The quantitative estimate of drug-likeness (QED) is 0.747. The molecule has 0 unspecified atom stereocenters. The van der Waals surface area contributed by atoms with Crippen molar-refractivity contribution in [1.82, 2.24) is 4.90 Å². The fraction of sp³-hybridized carbons (Fsp3) is 0.500. The number of nitrogens with zero attached hydrogens (tertiary/aromatic N) is 1. The van der Waals surface area contributed by atoms with Gasteiger partial charge < -0.3 is 0 Å². The molecule has 0 N–H and O–H groups in total. The van der Waals surface area contributed by atoms with Gasteiger partial charge in [0.25, 0.3) is 0 Å². The third kappa shape index (κ3) is 3.19. The summed E-state index contributed by atoms with van der Waals surface area (Å²) in [6.45, 7) is 1.73. The van der Waals surface area contributed by atoms with Crippen LogP contribution in [-0.2, 0) is 6.54 Å². The third-order valence-electron chi connectivity index (χ3n) is 2.82. The Bertz CT molecular complexity index is 368. The van der Waals surface area contributed by atoms with Gasteiger partial charge >= 0.3 is 0 Å². The van der Waals surface area contributed by atoms with E-state index in [2.05, 4.69) is 20.8 Å². The maximum absolute atomic E-state index is 13.1. The Morgan fingerprint density at radius 1 is 1.44 bits per heavy atom. The molecule has 0 atom stereocenters. The van der Waals surface area contributed by atoms with E-state index in [1.165, 1.54) is 25.0 Å². The highest BCUT2D eigenvalue weighted by Crippen LogP contribution is 2.29. The maximum Gasteiger partial charge on any atom is 0.123 e. The highest BCUT2D eigenvalue weighted by molar-refractivity contribution is 9.09. The molecule has 88 valence electrons. The molecule has 1 saturated carbocycles. The van der Waals surface area contributed by atoms with Gasteiger partial charge in [-0.2, -0.15) is 0 Å². The van der Waals surface area contributed by atoms with Crippen molar-refractivity contribution >= 4 is 27.5 Å². The highest BCUT2D eigenvalue weighted by Gasteiger charge is 2.28. The number of alkyl halides is 1. The van der Waals surface area contributed by atoms with Gasteiger partial charge in [0.15, 0.2) is 0 Å². The summed E-state index contributed by atoms with van der Waals surface area (Å²) in [7, 11) is 0. The minimum Gasteiger partial charge on any atom is -0.295 e. The first-order chi connectivity index (χ1) is 7.70. The molecule has 16 heavy (non-hydrogen) atoms. The standard InChI is InChI=1S/C12H14BrClFN/c13-5-6-16(11-2-3-11)8-9-7-10(15)1-4-12(9)14/h1,4,7,11H,2-3,5-6,8H2. The molecule has 1 nitrogen and oxygen atoms in total. The zero-order valence-corrected chi connectivity index (χ0v) is 11.3. The van der Waals surface area contributed by atoms with Crippen LogP contribution in [-0.4, -0.2) is 22.8 Å². The molecule has 4 heteroatoms. The van der Waals surface area contributed by atoms with Crippen LogP contribution in [0, 0.1) is 5.82 Å². The van der Waals surface area contributed by atoms with Gasteiger partial charge in [0.05, 0.1) is 0 Å². The summed E-state index contributed by atoms with van der Waals surface area (Å²) in [6, 6.07) is 5.23. The summed E-state index contributed by atoms with van der Waals surface area (Å²) < 4.78 is 13.1. The van der Waals surface area contributed by atoms with Crippen molar-refractivity contribution in [2.75, 3.05) is 11.9 Å². The van der Waals surface area contributed by atoms with Crippen LogP contribution in [0.3, 0.4) is 0 Å². The van der Waals surface area contributed by atoms with Crippen LogP contribution in [0.1, 0.15) is 18.4 Å². The van der Waals surface area contributed by atoms with Crippen LogP contribution >= 0.6 is 27.5 Å². The van der Waals surface area contributed by atoms with E-state index in [1.807, 2.05) is 0 Å². The number of rotatable bonds is 5. The van der Waals surface area contributed by atoms with Gasteiger partial charge in [-0.25, -0.2) is 4.39 Å². The zero-order chi connectivity index (χ0) is 11.5. The van der Waals surface area contributed by atoms with Gasteiger partial charge in [-0.05, 0) is 36.6 Å². The second kappa shape index (κ2) is 5.48. The van der Waals surface area contributed by atoms with Gasteiger partial charge in [-0.3, -0.25) is 4.90 Å². The molecule has 2 rings (SSSR count). The van der Waals surface area contributed by atoms with Crippen LogP contribution in [0.4, 0.5) is 4.39 Å². The van der Waals surface area contributed by atoms with Gasteiger partial charge in [-0.15, -0.1) is 0 Å². The van der Waals surface area contributed by atoms with Crippen molar-refractivity contribution in [3.8, 4) is 0 Å². The average molecular weight is 307 g/mol. The Labute approximate surface area is 109 Å². The summed E-state index contributed by atoms with van der Waals surface area (Å²) in [5.41, 5.74) is 0.884. The molecule has 1 aromatic rings. The van der Waals surface area contributed by atoms with Crippen molar-refractivity contribution in [3.05, 3.63) is 34.6 Å². The molecule has 1 aliphatic rings. The number of halogens is 3. The average Bonchev–Trinajstić information content (AvgIpc) is 3.06. The van der Waals surface area contributed by atoms with Gasteiger partial charge in [0.2, 0.25) is 0 Å². The molecule has 0 heterocycles. The molecular formula is C12H14BrClFN. The summed E-state index contributed by atoms with van der Waals surface area (Å²) in [5.74, 6) is -0.214. The number of hydrogen-bond acceptors (Lipinski definition) is 1. The van der Waals surface area contributed by atoms with E-state index in [4.69, 9.17) is 11.6 Å². The molecule has 1 aliphatic carbocycles. The van der Waals surface area contributed by atoms with E-state index < -0.39 is 0 Å². The lowest BCUT2D eigenvalue weighted by Crippen LogP contribution is -2.27. The molecular weight excluding hydrogens is 292 g/mol. The summed E-state index contributed by atoms with van der Waals surface area (Å²) in [5, 5.41) is 1.60. The minimum absolute atomic E-state index is 0.214. The zero-order valence-electron chi connectivity index (χ0n) is 8.93. The Morgan fingerprint density at radius 3 is 2.81 bits per heavy atom. The normalized spacial score (nSPS) is 15.8. The molecule has 0 spiro atoms. The lowest BCUT2D eigenvalue weighted by Gasteiger charge is -2.21.